The van der Waals surface area contributed by atoms with Gasteiger partial charge in [-0.25, -0.2) is 18.6 Å². The lowest BCUT2D eigenvalue weighted by atomic mass is 10.1. The number of hydrogen-bond donors (Lipinski definition) is 2. The third kappa shape index (κ3) is 2.25. The predicted octanol–water partition coefficient (Wildman–Crippen LogP) is 1.18. The van der Waals surface area contributed by atoms with Crippen molar-refractivity contribution < 1.29 is 23.4 Å². The number of halogens is 2. The Labute approximate surface area is 89.9 Å². The van der Waals surface area contributed by atoms with Gasteiger partial charge in [-0.2, -0.15) is 0 Å². The number of hydrogen-bond acceptors (Lipinski definition) is 4. The number of aromatic carboxylic acids is 1. The topological polar surface area (TPSA) is 85.4 Å². The largest absolute Gasteiger partial charge is 0.481 e. The first-order valence-electron chi connectivity index (χ1n) is 4.30. The third-order valence-electron chi connectivity index (χ3n) is 1.95. The number of pyridine rings is 1. The molecule has 5 nitrogen and oxygen atoms in total. The zero-order valence-electron chi connectivity index (χ0n) is 8.41. The highest BCUT2D eigenvalue weighted by atomic mass is 19.3. The van der Waals surface area contributed by atoms with Crippen molar-refractivity contribution >= 4 is 5.97 Å². The molecule has 0 saturated carbocycles. The number of nitrogens with two attached hydrogens (primary N) is 1. The lowest BCUT2D eigenvalue weighted by molar-refractivity contribution is 0.0694. The Bertz CT molecular complexity index is 410. The molecular weight excluding hydrogens is 222 g/mol. The Morgan fingerprint density at radius 2 is 2.31 bits per heavy atom. The van der Waals surface area contributed by atoms with Crippen molar-refractivity contribution in [3.8, 4) is 5.88 Å². The van der Waals surface area contributed by atoms with Crippen molar-refractivity contribution in [3.63, 3.8) is 0 Å². The van der Waals surface area contributed by atoms with Crippen LogP contribution in [0.15, 0.2) is 6.07 Å². The molecule has 0 aliphatic rings. The van der Waals surface area contributed by atoms with Crippen LogP contribution in [0.25, 0.3) is 0 Å². The van der Waals surface area contributed by atoms with Crippen molar-refractivity contribution in [3.05, 3.63) is 22.9 Å². The first-order valence-corrected chi connectivity index (χ1v) is 4.30. The number of carboxylic acids is 1. The molecule has 16 heavy (non-hydrogen) atoms. The molecule has 0 aromatic carbocycles. The van der Waals surface area contributed by atoms with Gasteiger partial charge in [0.2, 0.25) is 5.88 Å². The number of aromatic nitrogens is 1. The van der Waals surface area contributed by atoms with Crippen molar-refractivity contribution in [2.24, 2.45) is 5.73 Å². The molecule has 0 spiro atoms. The summed E-state index contributed by atoms with van der Waals surface area (Å²) in [7, 11) is 1.18. The van der Waals surface area contributed by atoms with E-state index in [1.165, 1.54) is 7.11 Å². The van der Waals surface area contributed by atoms with Crippen LogP contribution < -0.4 is 10.5 Å². The first-order chi connectivity index (χ1) is 7.51. The molecule has 0 aliphatic heterocycles. The molecule has 7 heteroatoms. The molecule has 0 amide bonds. The van der Waals surface area contributed by atoms with Gasteiger partial charge in [-0.3, -0.25) is 0 Å². The van der Waals surface area contributed by atoms with Gasteiger partial charge in [0.1, 0.15) is 0 Å². The van der Waals surface area contributed by atoms with Crippen molar-refractivity contribution in [1.82, 2.24) is 4.98 Å². The van der Waals surface area contributed by atoms with Crippen LogP contribution in [0.5, 0.6) is 5.88 Å². The number of ether oxygens (including phenoxy) is 1. The van der Waals surface area contributed by atoms with Crippen LogP contribution in [0.4, 0.5) is 8.78 Å². The molecule has 0 unspecified atom stereocenters. The molecule has 0 bridgehead atoms. The highest BCUT2D eigenvalue weighted by molar-refractivity contribution is 5.89. The monoisotopic (exact) mass is 232 g/mol. The van der Waals surface area contributed by atoms with E-state index in [1.807, 2.05) is 0 Å². The van der Waals surface area contributed by atoms with E-state index in [4.69, 9.17) is 10.8 Å². The molecule has 0 saturated heterocycles. The molecule has 88 valence electrons. The van der Waals surface area contributed by atoms with Crippen LogP contribution in [-0.2, 0) is 6.54 Å². The molecule has 1 aromatic rings. The predicted molar refractivity (Wildman–Crippen MR) is 50.6 cm³/mol. The molecule has 0 aliphatic carbocycles. The van der Waals surface area contributed by atoms with Gasteiger partial charge in [0, 0.05) is 6.54 Å². The van der Waals surface area contributed by atoms with Crippen molar-refractivity contribution in [1.29, 1.82) is 0 Å². The highest BCUT2D eigenvalue weighted by Crippen LogP contribution is 2.29. The van der Waals surface area contributed by atoms with E-state index in [-0.39, 0.29) is 23.7 Å². The van der Waals surface area contributed by atoms with E-state index in [0.29, 0.717) is 0 Å². The maximum absolute atomic E-state index is 12.5. The molecule has 0 radical (unpaired) electrons. The second kappa shape index (κ2) is 4.84. The summed E-state index contributed by atoms with van der Waals surface area (Å²) in [6.07, 6.45) is -2.85. The minimum atomic E-state index is -2.85. The number of nitrogens with zero attached hydrogens (tertiary/aromatic N) is 1. The number of alkyl halides is 2. The first kappa shape index (κ1) is 12.3. The summed E-state index contributed by atoms with van der Waals surface area (Å²) in [5, 5.41) is 8.79. The van der Waals surface area contributed by atoms with Gasteiger partial charge in [-0.1, -0.05) is 0 Å². The number of carbonyl (C=O) groups is 1. The zero-order valence-corrected chi connectivity index (χ0v) is 8.41. The van der Waals surface area contributed by atoms with E-state index in [9.17, 15) is 13.6 Å². The van der Waals surface area contributed by atoms with Crippen LogP contribution in [0.3, 0.4) is 0 Å². The fraction of sp³-hybridized carbons (Fsp3) is 0.333. The summed E-state index contributed by atoms with van der Waals surface area (Å²) in [4.78, 5) is 14.4. The Hall–Kier alpha value is -1.76. The van der Waals surface area contributed by atoms with Gasteiger partial charge in [-0.05, 0) is 6.07 Å². The lowest BCUT2D eigenvalue weighted by Gasteiger charge is -2.10. The normalized spacial score (nSPS) is 10.6. The smallest absolute Gasteiger partial charge is 0.337 e. The summed E-state index contributed by atoms with van der Waals surface area (Å²) >= 11 is 0. The van der Waals surface area contributed by atoms with Crippen LogP contribution in [0.1, 0.15) is 28.0 Å². The molecule has 1 rings (SSSR count). The molecule has 1 heterocycles. The SMILES string of the molecule is COc1nc(CN)c(C(=O)O)cc1C(F)F. The second-order valence-corrected chi connectivity index (χ2v) is 2.89. The van der Waals surface area contributed by atoms with E-state index >= 15 is 0 Å². The van der Waals surface area contributed by atoms with Crippen LogP contribution >= 0.6 is 0 Å². The number of carboxylic acid groups (broad SMARTS) is 1. The highest BCUT2D eigenvalue weighted by Gasteiger charge is 2.21. The zero-order chi connectivity index (χ0) is 12.3. The van der Waals surface area contributed by atoms with E-state index in [0.717, 1.165) is 6.07 Å². The maximum atomic E-state index is 12.5. The summed E-state index contributed by atoms with van der Waals surface area (Å²) in [5.41, 5.74) is 4.38. The summed E-state index contributed by atoms with van der Waals surface area (Å²) in [6, 6.07) is 0.834. The van der Waals surface area contributed by atoms with Crippen molar-refractivity contribution in [2.75, 3.05) is 7.11 Å². The van der Waals surface area contributed by atoms with Crippen LogP contribution in [-0.4, -0.2) is 23.2 Å². The Morgan fingerprint density at radius 1 is 1.69 bits per heavy atom. The van der Waals surface area contributed by atoms with Gasteiger partial charge < -0.3 is 15.6 Å². The Balaban J connectivity index is 3.40. The van der Waals surface area contributed by atoms with E-state index in [2.05, 4.69) is 9.72 Å². The molecule has 0 atom stereocenters. The minimum Gasteiger partial charge on any atom is -0.481 e. The number of rotatable bonds is 4. The summed E-state index contributed by atoms with van der Waals surface area (Å²) in [5.74, 6) is -1.65. The average molecular weight is 232 g/mol. The molecule has 0 fully saturated rings. The van der Waals surface area contributed by atoms with E-state index < -0.39 is 18.0 Å². The van der Waals surface area contributed by atoms with Crippen LogP contribution in [0.2, 0.25) is 0 Å². The number of methoxy groups -OCH3 is 1. The standard InChI is InChI=1S/C9H10F2N2O3/c1-16-8-5(7(10)11)2-4(9(14)15)6(3-12)13-8/h2,7H,3,12H2,1H3,(H,14,15). The second-order valence-electron chi connectivity index (χ2n) is 2.89. The fourth-order valence-electron chi connectivity index (χ4n) is 1.21. The minimum absolute atomic E-state index is 0.00810. The summed E-state index contributed by atoms with van der Waals surface area (Å²) in [6.45, 7) is -0.165. The summed E-state index contributed by atoms with van der Waals surface area (Å²) < 4.78 is 29.7. The average Bonchev–Trinajstić information content (AvgIpc) is 2.26. The molecule has 1 aromatic heterocycles. The van der Waals surface area contributed by atoms with Gasteiger partial charge >= 0.3 is 5.97 Å². The van der Waals surface area contributed by atoms with Gasteiger partial charge in [0.15, 0.2) is 0 Å². The quantitative estimate of drug-likeness (QED) is 0.814. The molecular formula is C9H10F2N2O3. The maximum Gasteiger partial charge on any atom is 0.337 e. The van der Waals surface area contributed by atoms with E-state index in [1.54, 1.807) is 0 Å². The third-order valence-corrected chi connectivity index (χ3v) is 1.95. The van der Waals surface area contributed by atoms with Gasteiger partial charge in [0.25, 0.3) is 6.43 Å². The lowest BCUT2D eigenvalue weighted by Crippen LogP contribution is -2.12. The molecule has 3 N–H and O–H groups in total. The van der Waals surface area contributed by atoms with Gasteiger partial charge in [0.05, 0.1) is 23.9 Å². The van der Waals surface area contributed by atoms with Gasteiger partial charge in [-0.15, -0.1) is 0 Å². The van der Waals surface area contributed by atoms with Crippen molar-refractivity contribution in [2.45, 2.75) is 13.0 Å². The Morgan fingerprint density at radius 3 is 2.69 bits per heavy atom. The van der Waals surface area contributed by atoms with Crippen LogP contribution in [0, 0.1) is 0 Å². The fourth-order valence-corrected chi connectivity index (χ4v) is 1.21. The Kier molecular flexibility index (Phi) is 3.73.